The molecule has 0 aromatic heterocycles. The summed E-state index contributed by atoms with van der Waals surface area (Å²) >= 11 is 0. The molecule has 1 saturated heterocycles. The van der Waals surface area contributed by atoms with Gasteiger partial charge in [-0.25, -0.2) is 0 Å². The summed E-state index contributed by atoms with van der Waals surface area (Å²) in [5.41, 5.74) is 2.03. The minimum Gasteiger partial charge on any atom is -0.305 e. The van der Waals surface area contributed by atoms with E-state index >= 15 is 0 Å². The first-order valence-corrected chi connectivity index (χ1v) is 6.48. The van der Waals surface area contributed by atoms with Crippen molar-refractivity contribution in [1.82, 2.24) is 9.80 Å². The van der Waals surface area contributed by atoms with Crippen molar-refractivity contribution in [3.05, 3.63) is 35.4 Å². The first-order chi connectivity index (χ1) is 8.60. The number of nitriles is 1. The number of rotatable bonds is 3. The summed E-state index contributed by atoms with van der Waals surface area (Å²) in [4.78, 5) is 4.82. The zero-order valence-corrected chi connectivity index (χ0v) is 11.4. The van der Waals surface area contributed by atoms with Gasteiger partial charge in [-0.1, -0.05) is 19.1 Å². The Hall–Kier alpha value is -1.37. The molecule has 2 atom stereocenters. The van der Waals surface area contributed by atoms with Gasteiger partial charge in [-0.3, -0.25) is 4.90 Å². The van der Waals surface area contributed by atoms with E-state index in [1.807, 2.05) is 12.1 Å². The van der Waals surface area contributed by atoms with E-state index in [0.29, 0.717) is 6.04 Å². The summed E-state index contributed by atoms with van der Waals surface area (Å²) in [5.74, 6) is 0.721. The lowest BCUT2D eigenvalue weighted by atomic mass is 10.1. The Morgan fingerprint density at radius 1 is 1.28 bits per heavy atom. The van der Waals surface area contributed by atoms with Gasteiger partial charge in [0.15, 0.2) is 0 Å². The molecular weight excluding hydrogens is 222 g/mol. The van der Waals surface area contributed by atoms with Gasteiger partial charge in [0.05, 0.1) is 11.6 Å². The van der Waals surface area contributed by atoms with Crippen LogP contribution in [0, 0.1) is 17.2 Å². The van der Waals surface area contributed by atoms with Crippen LogP contribution in [0.15, 0.2) is 24.3 Å². The van der Waals surface area contributed by atoms with Crippen LogP contribution in [-0.2, 0) is 6.54 Å². The topological polar surface area (TPSA) is 30.3 Å². The third kappa shape index (κ3) is 2.90. The molecule has 0 N–H and O–H groups in total. The third-order valence-electron chi connectivity index (χ3n) is 3.80. The molecule has 3 nitrogen and oxygen atoms in total. The van der Waals surface area contributed by atoms with Gasteiger partial charge >= 0.3 is 0 Å². The standard InChI is InChI=1S/C15H21N3/c1-12-9-18(11-15(12)17(2)3)10-14-6-4-13(8-16)5-7-14/h4-7,12,15H,9-11H2,1-3H3. The molecule has 3 heteroatoms. The average Bonchev–Trinajstić information content (AvgIpc) is 2.71. The third-order valence-corrected chi connectivity index (χ3v) is 3.80. The molecule has 1 aliphatic heterocycles. The van der Waals surface area contributed by atoms with Crippen LogP contribution in [-0.4, -0.2) is 43.0 Å². The summed E-state index contributed by atoms with van der Waals surface area (Å²) in [7, 11) is 4.32. The van der Waals surface area contributed by atoms with Crippen molar-refractivity contribution in [2.24, 2.45) is 5.92 Å². The molecule has 1 aromatic rings. The zero-order valence-electron chi connectivity index (χ0n) is 11.4. The van der Waals surface area contributed by atoms with Crippen LogP contribution in [0.1, 0.15) is 18.1 Å². The highest BCUT2D eigenvalue weighted by Gasteiger charge is 2.30. The van der Waals surface area contributed by atoms with E-state index in [9.17, 15) is 0 Å². The number of hydrogen-bond donors (Lipinski definition) is 0. The van der Waals surface area contributed by atoms with Crippen molar-refractivity contribution >= 4 is 0 Å². The second kappa shape index (κ2) is 5.51. The van der Waals surface area contributed by atoms with Crippen LogP contribution in [0.4, 0.5) is 0 Å². The summed E-state index contributed by atoms with van der Waals surface area (Å²) in [6.45, 7) is 5.60. The number of likely N-dealkylation sites (tertiary alicyclic amines) is 1. The largest absolute Gasteiger partial charge is 0.305 e. The van der Waals surface area contributed by atoms with Gasteiger partial charge in [0, 0.05) is 25.7 Å². The number of benzene rings is 1. The molecule has 1 aliphatic rings. The van der Waals surface area contributed by atoms with Gasteiger partial charge in [0.1, 0.15) is 0 Å². The number of nitrogens with zero attached hydrogens (tertiary/aromatic N) is 3. The molecule has 96 valence electrons. The lowest BCUT2D eigenvalue weighted by Crippen LogP contribution is -2.34. The minimum absolute atomic E-state index is 0.656. The quantitative estimate of drug-likeness (QED) is 0.812. The fraction of sp³-hybridized carbons (Fsp3) is 0.533. The van der Waals surface area contributed by atoms with E-state index in [4.69, 9.17) is 5.26 Å². The van der Waals surface area contributed by atoms with Gasteiger partial charge in [-0.2, -0.15) is 5.26 Å². The molecule has 1 aromatic carbocycles. The van der Waals surface area contributed by atoms with Crippen LogP contribution in [0.5, 0.6) is 0 Å². The van der Waals surface area contributed by atoms with E-state index in [2.05, 4.69) is 49.0 Å². The molecule has 0 amide bonds. The molecule has 18 heavy (non-hydrogen) atoms. The maximum absolute atomic E-state index is 8.78. The predicted molar refractivity (Wildman–Crippen MR) is 73.1 cm³/mol. The predicted octanol–water partition coefficient (Wildman–Crippen LogP) is 1.94. The molecular formula is C15H21N3. The van der Waals surface area contributed by atoms with Crippen LogP contribution < -0.4 is 0 Å². The van der Waals surface area contributed by atoms with Gasteiger partial charge in [-0.05, 0) is 37.7 Å². The van der Waals surface area contributed by atoms with E-state index < -0.39 is 0 Å². The Kier molecular flexibility index (Phi) is 4.00. The molecule has 0 bridgehead atoms. The average molecular weight is 243 g/mol. The lowest BCUT2D eigenvalue weighted by Gasteiger charge is -2.22. The Bertz CT molecular complexity index is 430. The molecule has 0 aliphatic carbocycles. The first-order valence-electron chi connectivity index (χ1n) is 6.48. The molecule has 0 saturated carbocycles. The zero-order chi connectivity index (χ0) is 13.1. The van der Waals surface area contributed by atoms with Crippen molar-refractivity contribution in [2.75, 3.05) is 27.2 Å². The highest BCUT2D eigenvalue weighted by molar-refractivity contribution is 5.31. The van der Waals surface area contributed by atoms with E-state index in [1.165, 1.54) is 5.56 Å². The number of likely N-dealkylation sites (N-methyl/N-ethyl adjacent to an activating group) is 1. The van der Waals surface area contributed by atoms with Crippen LogP contribution in [0.2, 0.25) is 0 Å². The van der Waals surface area contributed by atoms with Crippen LogP contribution in [0.3, 0.4) is 0 Å². The normalized spacial score (nSPS) is 24.4. The highest BCUT2D eigenvalue weighted by Crippen LogP contribution is 2.21. The van der Waals surface area contributed by atoms with Crippen molar-refractivity contribution in [3.63, 3.8) is 0 Å². The Morgan fingerprint density at radius 3 is 2.44 bits per heavy atom. The van der Waals surface area contributed by atoms with Crippen molar-refractivity contribution in [3.8, 4) is 6.07 Å². The maximum Gasteiger partial charge on any atom is 0.0991 e. The lowest BCUT2D eigenvalue weighted by molar-refractivity contribution is 0.250. The maximum atomic E-state index is 8.78. The summed E-state index contributed by atoms with van der Waals surface area (Å²) in [6.07, 6.45) is 0. The van der Waals surface area contributed by atoms with E-state index in [-0.39, 0.29) is 0 Å². The van der Waals surface area contributed by atoms with Crippen LogP contribution >= 0.6 is 0 Å². The molecule has 1 heterocycles. The minimum atomic E-state index is 0.656. The van der Waals surface area contributed by atoms with Crippen molar-refractivity contribution < 1.29 is 0 Å². The monoisotopic (exact) mass is 243 g/mol. The van der Waals surface area contributed by atoms with Gasteiger partial charge < -0.3 is 4.90 Å². The molecule has 0 radical (unpaired) electrons. The summed E-state index contributed by atoms with van der Waals surface area (Å²) in [6, 6.07) is 10.7. The SMILES string of the molecule is CC1CN(Cc2ccc(C#N)cc2)CC1N(C)C. The van der Waals surface area contributed by atoms with Crippen molar-refractivity contribution in [1.29, 1.82) is 5.26 Å². The Balaban J connectivity index is 1.96. The number of hydrogen-bond acceptors (Lipinski definition) is 3. The van der Waals surface area contributed by atoms with Crippen LogP contribution in [0.25, 0.3) is 0 Å². The fourth-order valence-electron chi connectivity index (χ4n) is 2.79. The van der Waals surface area contributed by atoms with Gasteiger partial charge in [0.25, 0.3) is 0 Å². The second-order valence-electron chi connectivity index (χ2n) is 5.51. The second-order valence-corrected chi connectivity index (χ2v) is 5.51. The fourth-order valence-corrected chi connectivity index (χ4v) is 2.79. The Labute approximate surface area is 110 Å². The van der Waals surface area contributed by atoms with Gasteiger partial charge in [0.2, 0.25) is 0 Å². The highest BCUT2D eigenvalue weighted by atomic mass is 15.2. The summed E-state index contributed by atoms with van der Waals surface area (Å²) in [5, 5.41) is 8.78. The van der Waals surface area contributed by atoms with Gasteiger partial charge in [-0.15, -0.1) is 0 Å². The summed E-state index contributed by atoms with van der Waals surface area (Å²) < 4.78 is 0. The molecule has 2 unspecified atom stereocenters. The van der Waals surface area contributed by atoms with E-state index in [1.54, 1.807) is 0 Å². The molecule has 0 spiro atoms. The molecule has 2 rings (SSSR count). The van der Waals surface area contributed by atoms with E-state index in [0.717, 1.165) is 31.1 Å². The first kappa shape index (κ1) is 13.1. The Morgan fingerprint density at radius 2 is 1.94 bits per heavy atom. The van der Waals surface area contributed by atoms with Crippen molar-refractivity contribution in [2.45, 2.75) is 19.5 Å². The smallest absolute Gasteiger partial charge is 0.0991 e. The molecule has 1 fully saturated rings.